The molecule has 2 atom stereocenters. The smallest absolute Gasteiger partial charge is 0.227 e. The zero-order chi connectivity index (χ0) is 13.9. The van der Waals surface area contributed by atoms with Crippen molar-refractivity contribution < 1.29 is 13.2 Å². The van der Waals surface area contributed by atoms with Gasteiger partial charge in [-0.05, 0) is 32.2 Å². The van der Waals surface area contributed by atoms with Crippen molar-refractivity contribution in [2.24, 2.45) is 5.41 Å². The Hall–Kier alpha value is -0.620. The van der Waals surface area contributed by atoms with Crippen LogP contribution in [0.25, 0.3) is 0 Å². The first-order valence-electron chi connectivity index (χ1n) is 7.19. The standard InChI is InChI=1S/C13H24N2O3S/c1-2-5-13(6-3-7-14-10-13)12(16)15-11-4-8-19(17,18)9-11/h11,14H,2-10H2,1H3,(H,15,16). The first-order chi connectivity index (χ1) is 8.97. The topological polar surface area (TPSA) is 75.3 Å². The van der Waals surface area contributed by atoms with Gasteiger partial charge in [-0.25, -0.2) is 8.42 Å². The van der Waals surface area contributed by atoms with Crippen LogP contribution in [-0.4, -0.2) is 45.0 Å². The highest BCUT2D eigenvalue weighted by atomic mass is 32.2. The summed E-state index contributed by atoms with van der Waals surface area (Å²) in [5.74, 6) is 0.356. The van der Waals surface area contributed by atoms with Crippen LogP contribution in [0.3, 0.4) is 0 Å². The van der Waals surface area contributed by atoms with E-state index in [1.54, 1.807) is 0 Å². The third-order valence-corrected chi connectivity index (χ3v) is 6.02. The van der Waals surface area contributed by atoms with Gasteiger partial charge in [-0.3, -0.25) is 4.79 Å². The second-order valence-corrected chi connectivity index (χ2v) is 8.11. The molecule has 2 rings (SSSR count). The summed E-state index contributed by atoms with van der Waals surface area (Å²) >= 11 is 0. The molecular formula is C13H24N2O3S. The number of piperidine rings is 1. The van der Waals surface area contributed by atoms with E-state index in [1.807, 2.05) is 0 Å². The lowest BCUT2D eigenvalue weighted by Gasteiger charge is -2.37. The van der Waals surface area contributed by atoms with Gasteiger partial charge in [0.05, 0.1) is 16.9 Å². The zero-order valence-corrected chi connectivity index (χ0v) is 12.4. The molecule has 0 radical (unpaired) electrons. The van der Waals surface area contributed by atoms with E-state index in [0.717, 1.165) is 32.2 Å². The summed E-state index contributed by atoms with van der Waals surface area (Å²) in [6, 6.07) is -0.187. The number of sulfone groups is 1. The van der Waals surface area contributed by atoms with Crippen molar-refractivity contribution in [3.8, 4) is 0 Å². The van der Waals surface area contributed by atoms with Gasteiger partial charge in [-0.1, -0.05) is 13.3 Å². The monoisotopic (exact) mass is 288 g/mol. The molecule has 1 amide bonds. The minimum absolute atomic E-state index is 0.0450. The highest BCUT2D eigenvalue weighted by Crippen LogP contribution is 2.32. The molecule has 0 saturated carbocycles. The van der Waals surface area contributed by atoms with Crippen LogP contribution in [0, 0.1) is 5.41 Å². The molecule has 0 spiro atoms. The molecule has 19 heavy (non-hydrogen) atoms. The van der Waals surface area contributed by atoms with Gasteiger partial charge in [0.25, 0.3) is 0 Å². The van der Waals surface area contributed by atoms with Crippen molar-refractivity contribution >= 4 is 15.7 Å². The number of rotatable bonds is 4. The molecule has 0 aromatic rings. The van der Waals surface area contributed by atoms with Crippen LogP contribution >= 0.6 is 0 Å². The van der Waals surface area contributed by atoms with E-state index in [1.165, 1.54) is 0 Å². The predicted molar refractivity (Wildman–Crippen MR) is 74.6 cm³/mol. The average molecular weight is 288 g/mol. The van der Waals surface area contributed by atoms with Crippen molar-refractivity contribution in [2.45, 2.75) is 45.1 Å². The minimum atomic E-state index is -2.93. The quantitative estimate of drug-likeness (QED) is 0.788. The Balaban J connectivity index is 2.00. The highest BCUT2D eigenvalue weighted by molar-refractivity contribution is 7.91. The molecule has 2 aliphatic heterocycles. The average Bonchev–Trinajstić information content (AvgIpc) is 2.70. The summed E-state index contributed by atoms with van der Waals surface area (Å²) in [6.07, 6.45) is 4.31. The van der Waals surface area contributed by atoms with Crippen molar-refractivity contribution in [1.29, 1.82) is 0 Å². The molecule has 2 unspecified atom stereocenters. The summed E-state index contributed by atoms with van der Waals surface area (Å²) in [6.45, 7) is 3.77. The van der Waals surface area contributed by atoms with Crippen molar-refractivity contribution in [3.05, 3.63) is 0 Å². The Morgan fingerprint density at radius 2 is 2.26 bits per heavy atom. The summed E-state index contributed by atoms with van der Waals surface area (Å²) in [5, 5.41) is 6.28. The Morgan fingerprint density at radius 1 is 1.47 bits per heavy atom. The van der Waals surface area contributed by atoms with Gasteiger partial charge in [-0.2, -0.15) is 0 Å². The van der Waals surface area contributed by atoms with E-state index in [0.29, 0.717) is 13.0 Å². The first-order valence-corrected chi connectivity index (χ1v) is 9.02. The van der Waals surface area contributed by atoms with Crippen LogP contribution in [0.15, 0.2) is 0 Å². The van der Waals surface area contributed by atoms with Crippen LogP contribution in [0.5, 0.6) is 0 Å². The Morgan fingerprint density at radius 3 is 2.79 bits per heavy atom. The fourth-order valence-corrected chi connectivity index (χ4v) is 4.89. The molecule has 2 fully saturated rings. The molecule has 2 heterocycles. The van der Waals surface area contributed by atoms with Crippen LogP contribution in [0.1, 0.15) is 39.0 Å². The van der Waals surface area contributed by atoms with E-state index in [9.17, 15) is 13.2 Å². The van der Waals surface area contributed by atoms with E-state index < -0.39 is 9.84 Å². The van der Waals surface area contributed by atoms with Crippen LogP contribution < -0.4 is 10.6 Å². The Bertz CT molecular complexity index is 422. The molecule has 2 aliphatic rings. The number of carbonyl (C=O) groups excluding carboxylic acids is 1. The number of nitrogens with one attached hydrogen (secondary N) is 2. The SMILES string of the molecule is CCCC1(C(=O)NC2CCS(=O)(=O)C2)CCCNC1. The number of hydrogen-bond acceptors (Lipinski definition) is 4. The number of hydrogen-bond donors (Lipinski definition) is 2. The molecule has 6 heteroatoms. The lowest BCUT2D eigenvalue weighted by Crippen LogP contribution is -2.53. The second-order valence-electron chi connectivity index (χ2n) is 5.88. The van der Waals surface area contributed by atoms with E-state index in [-0.39, 0.29) is 28.9 Å². The maximum atomic E-state index is 12.5. The molecule has 2 saturated heterocycles. The summed E-state index contributed by atoms with van der Waals surface area (Å²) in [4.78, 5) is 12.5. The van der Waals surface area contributed by atoms with Crippen molar-refractivity contribution in [2.75, 3.05) is 24.6 Å². The molecule has 2 N–H and O–H groups in total. The van der Waals surface area contributed by atoms with E-state index >= 15 is 0 Å². The second kappa shape index (κ2) is 5.79. The molecule has 0 aromatic heterocycles. The van der Waals surface area contributed by atoms with Gasteiger partial charge >= 0.3 is 0 Å². The number of amides is 1. The van der Waals surface area contributed by atoms with Crippen LogP contribution in [-0.2, 0) is 14.6 Å². The third kappa shape index (κ3) is 3.48. The van der Waals surface area contributed by atoms with Gasteiger partial charge in [-0.15, -0.1) is 0 Å². The van der Waals surface area contributed by atoms with Gasteiger partial charge < -0.3 is 10.6 Å². The predicted octanol–water partition coefficient (Wildman–Crippen LogP) is 0.460. The van der Waals surface area contributed by atoms with E-state index in [4.69, 9.17) is 0 Å². The molecule has 5 nitrogen and oxygen atoms in total. The van der Waals surface area contributed by atoms with Gasteiger partial charge in [0.2, 0.25) is 5.91 Å². The fourth-order valence-electron chi connectivity index (χ4n) is 3.21. The largest absolute Gasteiger partial charge is 0.352 e. The molecule has 0 bridgehead atoms. The lowest BCUT2D eigenvalue weighted by atomic mass is 9.76. The number of carbonyl (C=O) groups is 1. The van der Waals surface area contributed by atoms with Gasteiger partial charge in [0.15, 0.2) is 9.84 Å². The van der Waals surface area contributed by atoms with Crippen molar-refractivity contribution in [1.82, 2.24) is 10.6 Å². The fraction of sp³-hybridized carbons (Fsp3) is 0.923. The zero-order valence-electron chi connectivity index (χ0n) is 11.6. The maximum absolute atomic E-state index is 12.5. The maximum Gasteiger partial charge on any atom is 0.227 e. The molecule has 0 aliphatic carbocycles. The van der Waals surface area contributed by atoms with Crippen LogP contribution in [0.4, 0.5) is 0 Å². The van der Waals surface area contributed by atoms with Crippen molar-refractivity contribution in [3.63, 3.8) is 0 Å². The molecule has 0 aromatic carbocycles. The Kier molecular flexibility index (Phi) is 4.50. The normalized spacial score (nSPS) is 34.1. The lowest BCUT2D eigenvalue weighted by molar-refractivity contribution is -0.133. The first kappa shape index (κ1) is 14.8. The molecular weight excluding hydrogens is 264 g/mol. The van der Waals surface area contributed by atoms with Gasteiger partial charge in [0, 0.05) is 12.6 Å². The minimum Gasteiger partial charge on any atom is -0.352 e. The summed E-state index contributed by atoms with van der Waals surface area (Å²) in [5.41, 5.74) is -0.334. The van der Waals surface area contributed by atoms with Crippen LogP contribution in [0.2, 0.25) is 0 Å². The summed E-state index contributed by atoms with van der Waals surface area (Å²) in [7, 11) is -2.93. The highest BCUT2D eigenvalue weighted by Gasteiger charge is 2.40. The van der Waals surface area contributed by atoms with Gasteiger partial charge in [0.1, 0.15) is 0 Å². The summed E-state index contributed by atoms with van der Waals surface area (Å²) < 4.78 is 22.9. The molecule has 110 valence electrons. The van der Waals surface area contributed by atoms with E-state index in [2.05, 4.69) is 17.6 Å². The Labute approximate surface area is 115 Å². The third-order valence-electron chi connectivity index (χ3n) is 4.25.